The standard InChI is InChI=1S/C20H26N8S/c1-27-8-10-28(11-9-27)16-3-6-23-19(13-16)26-20-25-14-17(29-20)15-2-5-22-18(12-15)24-7-4-21/h2-3,5-6,12-14H,4,7-11,21H2,1H3,(H,22,24)(H,23,25,26). The highest BCUT2D eigenvalue weighted by atomic mass is 32.1. The topological polar surface area (TPSA) is 95.2 Å². The predicted molar refractivity (Wildman–Crippen MR) is 120 cm³/mol. The van der Waals surface area contributed by atoms with Gasteiger partial charge in [-0.25, -0.2) is 15.0 Å². The lowest BCUT2D eigenvalue weighted by Gasteiger charge is -2.34. The van der Waals surface area contributed by atoms with Crippen LogP contribution in [0.4, 0.5) is 22.5 Å². The molecule has 1 fully saturated rings. The van der Waals surface area contributed by atoms with Gasteiger partial charge in [-0.1, -0.05) is 11.3 Å². The van der Waals surface area contributed by atoms with Crippen LogP contribution in [0.2, 0.25) is 0 Å². The maximum absolute atomic E-state index is 5.55. The highest BCUT2D eigenvalue weighted by molar-refractivity contribution is 7.18. The van der Waals surface area contributed by atoms with Gasteiger partial charge in [-0.05, 0) is 30.8 Å². The molecule has 4 heterocycles. The van der Waals surface area contributed by atoms with E-state index in [2.05, 4.69) is 54.6 Å². The fraction of sp³-hybridized carbons (Fsp3) is 0.350. The first kappa shape index (κ1) is 19.6. The van der Waals surface area contributed by atoms with Gasteiger partial charge in [0.2, 0.25) is 0 Å². The summed E-state index contributed by atoms with van der Waals surface area (Å²) in [7, 11) is 2.16. The Morgan fingerprint density at radius 3 is 2.66 bits per heavy atom. The molecule has 0 radical (unpaired) electrons. The Morgan fingerprint density at radius 2 is 1.83 bits per heavy atom. The molecule has 0 saturated carbocycles. The fourth-order valence-corrected chi connectivity index (χ4v) is 4.02. The zero-order valence-electron chi connectivity index (χ0n) is 16.5. The molecule has 0 bridgehead atoms. The summed E-state index contributed by atoms with van der Waals surface area (Å²) in [5.74, 6) is 1.62. The molecule has 1 aliphatic rings. The van der Waals surface area contributed by atoms with Gasteiger partial charge >= 0.3 is 0 Å². The normalized spacial score (nSPS) is 14.8. The molecule has 8 nitrogen and oxygen atoms in total. The van der Waals surface area contributed by atoms with Crippen molar-refractivity contribution in [2.75, 3.05) is 61.8 Å². The number of aromatic nitrogens is 3. The molecule has 1 saturated heterocycles. The van der Waals surface area contributed by atoms with Crippen molar-refractivity contribution in [3.63, 3.8) is 0 Å². The number of thiazole rings is 1. The van der Waals surface area contributed by atoms with Gasteiger partial charge < -0.3 is 26.2 Å². The van der Waals surface area contributed by atoms with Gasteiger partial charge in [0.15, 0.2) is 5.13 Å². The molecule has 0 aliphatic carbocycles. The molecule has 0 atom stereocenters. The zero-order valence-corrected chi connectivity index (χ0v) is 17.3. The second-order valence-electron chi connectivity index (χ2n) is 6.99. The van der Waals surface area contributed by atoms with Gasteiger partial charge in [-0.3, -0.25) is 0 Å². The number of rotatable bonds is 7. The van der Waals surface area contributed by atoms with Gasteiger partial charge in [0.25, 0.3) is 0 Å². The molecule has 4 N–H and O–H groups in total. The third-order valence-corrected chi connectivity index (χ3v) is 5.81. The summed E-state index contributed by atoms with van der Waals surface area (Å²) in [5, 5.41) is 7.36. The number of nitrogens with one attached hydrogen (secondary N) is 2. The lowest BCUT2D eigenvalue weighted by molar-refractivity contribution is 0.313. The van der Waals surface area contributed by atoms with Gasteiger partial charge in [0, 0.05) is 69.6 Å². The molecule has 0 aromatic carbocycles. The molecule has 3 aromatic heterocycles. The van der Waals surface area contributed by atoms with E-state index in [4.69, 9.17) is 5.73 Å². The molecule has 152 valence electrons. The summed E-state index contributed by atoms with van der Waals surface area (Å²) in [5.41, 5.74) is 7.81. The summed E-state index contributed by atoms with van der Waals surface area (Å²) in [6.07, 6.45) is 5.52. The van der Waals surface area contributed by atoms with E-state index in [1.165, 1.54) is 5.69 Å². The minimum atomic E-state index is 0.570. The average Bonchev–Trinajstić information content (AvgIpc) is 3.22. The second kappa shape index (κ2) is 9.17. The Morgan fingerprint density at radius 1 is 1.03 bits per heavy atom. The van der Waals surface area contributed by atoms with Crippen LogP contribution in [-0.2, 0) is 0 Å². The molecule has 4 rings (SSSR count). The van der Waals surface area contributed by atoms with Crippen LogP contribution in [0, 0.1) is 0 Å². The molecular weight excluding hydrogens is 384 g/mol. The fourth-order valence-electron chi connectivity index (χ4n) is 3.20. The number of anilines is 4. The van der Waals surface area contributed by atoms with Crippen LogP contribution in [0.5, 0.6) is 0 Å². The maximum Gasteiger partial charge on any atom is 0.188 e. The molecular formula is C20H26N8S. The van der Waals surface area contributed by atoms with E-state index in [9.17, 15) is 0 Å². The van der Waals surface area contributed by atoms with Crippen LogP contribution in [0.1, 0.15) is 0 Å². The Bertz CT molecular complexity index is 935. The molecule has 9 heteroatoms. The number of hydrogen-bond acceptors (Lipinski definition) is 9. The lowest BCUT2D eigenvalue weighted by Crippen LogP contribution is -2.44. The number of pyridine rings is 2. The van der Waals surface area contributed by atoms with Crippen LogP contribution in [-0.4, -0.2) is 66.2 Å². The van der Waals surface area contributed by atoms with Crippen LogP contribution in [0.15, 0.2) is 42.9 Å². The second-order valence-corrected chi connectivity index (χ2v) is 8.02. The van der Waals surface area contributed by atoms with E-state index >= 15 is 0 Å². The number of hydrogen-bond donors (Lipinski definition) is 3. The smallest absolute Gasteiger partial charge is 0.188 e. The highest BCUT2D eigenvalue weighted by Crippen LogP contribution is 2.31. The van der Waals surface area contributed by atoms with E-state index in [-0.39, 0.29) is 0 Å². The van der Waals surface area contributed by atoms with Crippen molar-refractivity contribution in [3.8, 4) is 10.4 Å². The van der Waals surface area contributed by atoms with Crippen molar-refractivity contribution < 1.29 is 0 Å². The third kappa shape index (κ3) is 5.00. The van der Waals surface area contributed by atoms with Crippen LogP contribution < -0.4 is 21.3 Å². The first-order valence-electron chi connectivity index (χ1n) is 9.74. The highest BCUT2D eigenvalue weighted by Gasteiger charge is 2.15. The minimum absolute atomic E-state index is 0.570. The van der Waals surface area contributed by atoms with E-state index in [0.717, 1.165) is 53.4 Å². The predicted octanol–water partition coefficient (Wildman–Crippen LogP) is 2.47. The summed E-state index contributed by atoms with van der Waals surface area (Å²) in [6, 6.07) is 8.15. The van der Waals surface area contributed by atoms with Gasteiger partial charge in [0.05, 0.1) is 4.88 Å². The largest absolute Gasteiger partial charge is 0.369 e. The van der Waals surface area contributed by atoms with Crippen molar-refractivity contribution >= 4 is 33.8 Å². The molecule has 1 aliphatic heterocycles. The van der Waals surface area contributed by atoms with Crippen molar-refractivity contribution in [1.29, 1.82) is 0 Å². The Balaban J connectivity index is 1.45. The summed E-state index contributed by atoms with van der Waals surface area (Å²) in [4.78, 5) is 19.1. The van der Waals surface area contributed by atoms with Gasteiger partial charge in [0.1, 0.15) is 11.6 Å². The first-order chi connectivity index (χ1) is 14.2. The molecule has 0 spiro atoms. The Labute approximate surface area is 174 Å². The quantitative estimate of drug-likeness (QED) is 0.547. The maximum atomic E-state index is 5.55. The Hall–Kier alpha value is -2.75. The summed E-state index contributed by atoms with van der Waals surface area (Å²) < 4.78 is 0. The molecule has 3 aromatic rings. The monoisotopic (exact) mass is 410 g/mol. The van der Waals surface area contributed by atoms with Crippen molar-refractivity contribution in [3.05, 3.63) is 42.9 Å². The minimum Gasteiger partial charge on any atom is -0.369 e. The lowest BCUT2D eigenvalue weighted by atomic mass is 10.2. The number of piperazine rings is 1. The molecule has 0 amide bonds. The summed E-state index contributed by atoms with van der Waals surface area (Å²) in [6.45, 7) is 5.49. The van der Waals surface area contributed by atoms with Crippen LogP contribution >= 0.6 is 11.3 Å². The van der Waals surface area contributed by atoms with Gasteiger partial charge in [-0.15, -0.1) is 0 Å². The van der Waals surface area contributed by atoms with Gasteiger partial charge in [-0.2, -0.15) is 0 Å². The first-order valence-corrected chi connectivity index (χ1v) is 10.6. The number of likely N-dealkylation sites (N-methyl/N-ethyl adjacent to an activating group) is 1. The summed E-state index contributed by atoms with van der Waals surface area (Å²) >= 11 is 1.59. The van der Waals surface area contributed by atoms with E-state index in [0.29, 0.717) is 13.1 Å². The number of nitrogens with two attached hydrogens (primary N) is 1. The SMILES string of the molecule is CN1CCN(c2ccnc(Nc3ncc(-c4ccnc(NCCN)c4)s3)c2)CC1. The van der Waals surface area contributed by atoms with E-state index < -0.39 is 0 Å². The van der Waals surface area contributed by atoms with Crippen molar-refractivity contribution in [2.24, 2.45) is 5.73 Å². The number of nitrogens with zero attached hydrogens (tertiary/aromatic N) is 5. The third-order valence-electron chi connectivity index (χ3n) is 4.85. The zero-order chi connectivity index (χ0) is 20.1. The molecule has 29 heavy (non-hydrogen) atoms. The van der Waals surface area contributed by atoms with Crippen molar-refractivity contribution in [2.45, 2.75) is 0 Å². The van der Waals surface area contributed by atoms with Crippen LogP contribution in [0.3, 0.4) is 0 Å². The average molecular weight is 411 g/mol. The molecule has 0 unspecified atom stereocenters. The van der Waals surface area contributed by atoms with E-state index in [1.54, 1.807) is 17.5 Å². The van der Waals surface area contributed by atoms with Crippen molar-refractivity contribution in [1.82, 2.24) is 19.9 Å². The Kier molecular flexibility index (Phi) is 6.18. The van der Waals surface area contributed by atoms with Crippen LogP contribution in [0.25, 0.3) is 10.4 Å². The van der Waals surface area contributed by atoms with E-state index in [1.807, 2.05) is 24.5 Å².